The molecule has 5 N–H and O–H groups in total. The Hall–Kier alpha value is -1.31. The number of anilines is 2. The van der Waals surface area contributed by atoms with Gasteiger partial charge < -0.3 is 16.2 Å². The molecule has 1 aromatic carbocycles. The fourth-order valence-electron chi connectivity index (χ4n) is 1.85. The molecule has 0 saturated carbocycles. The number of nitrogen functional groups attached to an aromatic ring is 1. The monoisotopic (exact) mass is 287 g/mol. The number of rotatable bonds is 6. The Kier molecular flexibility index (Phi) is 5.16. The summed E-state index contributed by atoms with van der Waals surface area (Å²) >= 11 is 0. The van der Waals surface area contributed by atoms with Crippen molar-refractivity contribution in [2.24, 2.45) is 0 Å². The number of hydrogen-bond acceptors (Lipinski definition) is 5. The van der Waals surface area contributed by atoms with Gasteiger partial charge in [-0.1, -0.05) is 0 Å². The van der Waals surface area contributed by atoms with Crippen molar-refractivity contribution >= 4 is 21.4 Å². The summed E-state index contributed by atoms with van der Waals surface area (Å²) in [7, 11) is -2.20. The second-order valence-electron chi connectivity index (χ2n) is 4.59. The Balaban J connectivity index is 2.89. The minimum Gasteiger partial charge on any atom is -0.398 e. The Labute approximate surface area is 114 Å². The van der Waals surface area contributed by atoms with Crippen LogP contribution < -0.4 is 15.8 Å². The van der Waals surface area contributed by atoms with E-state index < -0.39 is 16.1 Å². The van der Waals surface area contributed by atoms with Gasteiger partial charge in [0.2, 0.25) is 10.0 Å². The highest BCUT2D eigenvalue weighted by Gasteiger charge is 2.15. The average molecular weight is 287 g/mol. The molecular weight excluding hydrogens is 266 g/mol. The highest BCUT2D eigenvalue weighted by Crippen LogP contribution is 2.23. The SMILES string of the molecule is CNS(=O)(=O)c1ccc(NC(C)CC(C)O)cc1N. The molecule has 1 rings (SSSR count). The topological polar surface area (TPSA) is 104 Å². The molecule has 19 heavy (non-hydrogen) atoms. The molecule has 0 heterocycles. The number of nitrogens with one attached hydrogen (secondary N) is 2. The molecule has 2 atom stereocenters. The smallest absolute Gasteiger partial charge is 0.242 e. The molecule has 7 heteroatoms. The van der Waals surface area contributed by atoms with E-state index in [2.05, 4.69) is 10.0 Å². The van der Waals surface area contributed by atoms with Crippen molar-refractivity contribution in [3.05, 3.63) is 18.2 Å². The Morgan fingerprint density at radius 2 is 2.00 bits per heavy atom. The largest absolute Gasteiger partial charge is 0.398 e. The maximum absolute atomic E-state index is 11.7. The van der Waals surface area contributed by atoms with Crippen LogP contribution in [0, 0.1) is 0 Å². The van der Waals surface area contributed by atoms with Crippen molar-refractivity contribution in [1.29, 1.82) is 0 Å². The van der Waals surface area contributed by atoms with Crippen molar-refractivity contribution < 1.29 is 13.5 Å². The number of aliphatic hydroxyl groups excluding tert-OH is 1. The van der Waals surface area contributed by atoms with Crippen LogP contribution in [0.4, 0.5) is 11.4 Å². The van der Waals surface area contributed by atoms with Crippen LogP contribution in [0.25, 0.3) is 0 Å². The third kappa shape index (κ3) is 4.38. The number of nitrogens with two attached hydrogens (primary N) is 1. The summed E-state index contributed by atoms with van der Waals surface area (Å²) < 4.78 is 25.5. The molecule has 0 aliphatic rings. The highest BCUT2D eigenvalue weighted by atomic mass is 32.2. The van der Waals surface area contributed by atoms with Crippen LogP contribution in [-0.2, 0) is 10.0 Å². The minimum absolute atomic E-state index is 0.0590. The first kappa shape index (κ1) is 15.7. The van der Waals surface area contributed by atoms with Gasteiger partial charge >= 0.3 is 0 Å². The lowest BCUT2D eigenvalue weighted by molar-refractivity contribution is 0.179. The second-order valence-corrected chi connectivity index (χ2v) is 6.45. The van der Waals surface area contributed by atoms with Crippen LogP contribution in [-0.4, -0.2) is 32.7 Å². The van der Waals surface area contributed by atoms with E-state index in [1.54, 1.807) is 19.1 Å². The van der Waals surface area contributed by atoms with Crippen molar-refractivity contribution in [2.75, 3.05) is 18.1 Å². The molecule has 0 amide bonds. The van der Waals surface area contributed by atoms with Gasteiger partial charge in [0.25, 0.3) is 0 Å². The number of aliphatic hydroxyl groups is 1. The highest BCUT2D eigenvalue weighted by molar-refractivity contribution is 7.89. The number of sulfonamides is 1. The Morgan fingerprint density at radius 3 is 2.47 bits per heavy atom. The van der Waals surface area contributed by atoms with Gasteiger partial charge in [0.1, 0.15) is 4.90 Å². The molecule has 0 saturated heterocycles. The van der Waals surface area contributed by atoms with Gasteiger partial charge in [-0.15, -0.1) is 0 Å². The van der Waals surface area contributed by atoms with Gasteiger partial charge in [0, 0.05) is 11.7 Å². The zero-order valence-electron chi connectivity index (χ0n) is 11.3. The van der Waals surface area contributed by atoms with Crippen LogP contribution in [0.5, 0.6) is 0 Å². The van der Waals surface area contributed by atoms with E-state index in [4.69, 9.17) is 5.73 Å². The summed E-state index contributed by atoms with van der Waals surface area (Å²) in [6.07, 6.45) is 0.194. The zero-order valence-corrected chi connectivity index (χ0v) is 12.2. The molecule has 0 spiro atoms. The lowest BCUT2D eigenvalue weighted by atomic mass is 10.1. The van der Waals surface area contributed by atoms with Gasteiger partial charge in [-0.05, 0) is 45.5 Å². The Morgan fingerprint density at radius 1 is 1.37 bits per heavy atom. The summed E-state index contributed by atoms with van der Waals surface area (Å²) in [4.78, 5) is 0.0590. The summed E-state index contributed by atoms with van der Waals surface area (Å²) in [5, 5.41) is 12.4. The van der Waals surface area contributed by atoms with Crippen LogP contribution in [0.2, 0.25) is 0 Å². The van der Waals surface area contributed by atoms with E-state index in [1.165, 1.54) is 13.1 Å². The first-order chi connectivity index (χ1) is 8.76. The van der Waals surface area contributed by atoms with Crippen molar-refractivity contribution in [3.63, 3.8) is 0 Å². The molecule has 0 fully saturated rings. The second kappa shape index (κ2) is 6.23. The normalized spacial score (nSPS) is 14.9. The fraction of sp³-hybridized carbons (Fsp3) is 0.500. The van der Waals surface area contributed by atoms with E-state index >= 15 is 0 Å². The van der Waals surface area contributed by atoms with E-state index in [-0.39, 0.29) is 16.6 Å². The third-order valence-electron chi connectivity index (χ3n) is 2.68. The van der Waals surface area contributed by atoms with Crippen LogP contribution >= 0.6 is 0 Å². The first-order valence-electron chi connectivity index (χ1n) is 6.04. The van der Waals surface area contributed by atoms with E-state index in [0.29, 0.717) is 6.42 Å². The molecule has 0 aliphatic carbocycles. The van der Waals surface area contributed by atoms with Crippen LogP contribution in [0.3, 0.4) is 0 Å². The molecule has 0 aromatic heterocycles. The summed E-state index contributed by atoms with van der Waals surface area (Å²) in [6, 6.07) is 4.74. The quantitative estimate of drug-likeness (QED) is 0.578. The molecule has 0 bridgehead atoms. The molecule has 1 aromatic rings. The lowest BCUT2D eigenvalue weighted by Gasteiger charge is -2.17. The van der Waals surface area contributed by atoms with Crippen LogP contribution in [0.1, 0.15) is 20.3 Å². The van der Waals surface area contributed by atoms with E-state index in [0.717, 1.165) is 5.69 Å². The lowest BCUT2D eigenvalue weighted by Crippen LogP contribution is -2.22. The third-order valence-corrected chi connectivity index (χ3v) is 4.16. The van der Waals surface area contributed by atoms with Gasteiger partial charge in [-0.25, -0.2) is 13.1 Å². The Bertz CT molecular complexity index is 529. The van der Waals surface area contributed by atoms with Gasteiger partial charge in [-0.3, -0.25) is 0 Å². The van der Waals surface area contributed by atoms with Crippen LogP contribution in [0.15, 0.2) is 23.1 Å². The standard InChI is InChI=1S/C12H21N3O3S/c1-8(6-9(2)16)15-10-4-5-12(11(13)7-10)19(17,18)14-3/h4-5,7-9,14-16H,6,13H2,1-3H3. The van der Waals surface area contributed by atoms with Gasteiger partial charge in [-0.2, -0.15) is 0 Å². The minimum atomic E-state index is -3.54. The van der Waals surface area contributed by atoms with Gasteiger partial charge in [0.05, 0.1) is 11.8 Å². The summed E-state index contributed by atoms with van der Waals surface area (Å²) in [5.74, 6) is 0. The summed E-state index contributed by atoms with van der Waals surface area (Å²) in [6.45, 7) is 3.65. The number of hydrogen-bond donors (Lipinski definition) is 4. The van der Waals surface area contributed by atoms with Crippen molar-refractivity contribution in [1.82, 2.24) is 4.72 Å². The van der Waals surface area contributed by atoms with E-state index in [9.17, 15) is 13.5 Å². The fourth-order valence-corrected chi connectivity index (χ4v) is 2.68. The van der Waals surface area contributed by atoms with Gasteiger partial charge in [0.15, 0.2) is 0 Å². The first-order valence-corrected chi connectivity index (χ1v) is 7.52. The molecule has 108 valence electrons. The zero-order chi connectivity index (χ0) is 14.6. The molecule has 6 nitrogen and oxygen atoms in total. The van der Waals surface area contributed by atoms with E-state index in [1.807, 2.05) is 6.92 Å². The van der Waals surface area contributed by atoms with Crippen molar-refractivity contribution in [3.8, 4) is 0 Å². The summed E-state index contributed by atoms with van der Waals surface area (Å²) in [5.41, 5.74) is 6.66. The molecule has 0 aliphatic heterocycles. The van der Waals surface area contributed by atoms with Crippen molar-refractivity contribution in [2.45, 2.75) is 37.3 Å². The molecule has 0 radical (unpaired) electrons. The number of benzene rings is 1. The molecular formula is C12H21N3O3S. The predicted octanol–water partition coefficient (Wildman–Crippen LogP) is 0.748. The predicted molar refractivity (Wildman–Crippen MR) is 76.5 cm³/mol. The maximum Gasteiger partial charge on any atom is 0.242 e. The maximum atomic E-state index is 11.7. The molecule has 2 unspecified atom stereocenters. The average Bonchev–Trinajstić information content (AvgIpc) is 2.27.